The van der Waals surface area contributed by atoms with E-state index in [-0.39, 0.29) is 12.3 Å². The molecular weight excluding hydrogens is 468 g/mol. The summed E-state index contributed by atoms with van der Waals surface area (Å²) in [5.41, 5.74) is 5.51. The number of methoxy groups -OCH3 is 2. The first-order valence-corrected chi connectivity index (χ1v) is 12.0. The van der Waals surface area contributed by atoms with E-state index < -0.39 is 0 Å². The first kappa shape index (κ1) is 22.8. The van der Waals surface area contributed by atoms with Gasteiger partial charge in [0.1, 0.15) is 12.1 Å². The van der Waals surface area contributed by atoms with Crippen molar-refractivity contribution in [2.45, 2.75) is 12.8 Å². The van der Waals surface area contributed by atoms with E-state index in [9.17, 15) is 4.79 Å². The summed E-state index contributed by atoms with van der Waals surface area (Å²) in [4.78, 5) is 24.0. The number of amides is 1. The van der Waals surface area contributed by atoms with Crippen molar-refractivity contribution in [3.8, 4) is 11.5 Å². The summed E-state index contributed by atoms with van der Waals surface area (Å²) in [6.07, 6.45) is 2.57. The Balaban J connectivity index is 1.25. The second-order valence-corrected chi connectivity index (χ2v) is 8.97. The Bertz CT molecular complexity index is 1660. The van der Waals surface area contributed by atoms with Gasteiger partial charge in [0.25, 0.3) is 0 Å². The van der Waals surface area contributed by atoms with Crippen LogP contribution >= 0.6 is 0 Å². The highest BCUT2D eigenvalue weighted by Gasteiger charge is 2.26. The van der Waals surface area contributed by atoms with Crippen molar-refractivity contribution in [2.75, 3.05) is 31.0 Å². The van der Waals surface area contributed by atoms with Gasteiger partial charge in [0.15, 0.2) is 11.5 Å². The van der Waals surface area contributed by atoms with Crippen molar-refractivity contribution in [1.82, 2.24) is 19.7 Å². The molecule has 1 aliphatic rings. The van der Waals surface area contributed by atoms with Crippen LogP contribution < -0.4 is 19.7 Å². The van der Waals surface area contributed by atoms with Crippen LogP contribution in [-0.2, 0) is 24.7 Å². The second-order valence-electron chi connectivity index (χ2n) is 8.97. The first-order chi connectivity index (χ1) is 18.1. The van der Waals surface area contributed by atoms with Gasteiger partial charge in [-0.3, -0.25) is 9.48 Å². The molecule has 0 spiro atoms. The maximum atomic E-state index is 13.3. The van der Waals surface area contributed by atoms with Crippen LogP contribution in [0.15, 0.2) is 60.9 Å². The zero-order valence-electron chi connectivity index (χ0n) is 20.9. The predicted octanol–water partition coefficient (Wildman–Crippen LogP) is 4.41. The molecule has 0 unspecified atom stereocenters. The van der Waals surface area contributed by atoms with Crippen LogP contribution in [0.1, 0.15) is 11.3 Å². The Morgan fingerprint density at radius 2 is 1.81 bits per heavy atom. The summed E-state index contributed by atoms with van der Waals surface area (Å²) in [7, 11) is 5.11. The van der Waals surface area contributed by atoms with Gasteiger partial charge >= 0.3 is 0 Å². The second kappa shape index (κ2) is 9.09. The van der Waals surface area contributed by atoms with Gasteiger partial charge in [-0.1, -0.05) is 18.2 Å². The third-order valence-electron chi connectivity index (χ3n) is 6.83. The topological polar surface area (TPSA) is 94.4 Å². The van der Waals surface area contributed by atoms with Gasteiger partial charge in [0.2, 0.25) is 5.91 Å². The van der Waals surface area contributed by atoms with Crippen molar-refractivity contribution in [3.63, 3.8) is 0 Å². The number of para-hydroxylation sites is 1. The number of rotatable bonds is 6. The lowest BCUT2D eigenvalue weighted by atomic mass is 10.1. The summed E-state index contributed by atoms with van der Waals surface area (Å²) < 4.78 is 12.7. The van der Waals surface area contributed by atoms with E-state index in [1.54, 1.807) is 14.2 Å². The molecule has 6 rings (SSSR count). The van der Waals surface area contributed by atoms with E-state index in [0.29, 0.717) is 23.9 Å². The minimum Gasteiger partial charge on any atom is -0.493 e. The van der Waals surface area contributed by atoms with Crippen molar-refractivity contribution in [1.29, 1.82) is 0 Å². The molecule has 3 heterocycles. The highest BCUT2D eigenvalue weighted by molar-refractivity contribution is 5.99. The van der Waals surface area contributed by atoms with E-state index in [0.717, 1.165) is 50.9 Å². The van der Waals surface area contributed by atoms with Crippen LogP contribution in [0, 0.1) is 0 Å². The number of ether oxygens (including phenoxy) is 2. The molecule has 0 atom stereocenters. The van der Waals surface area contributed by atoms with Crippen molar-refractivity contribution in [2.24, 2.45) is 7.05 Å². The molecule has 1 aliphatic heterocycles. The van der Waals surface area contributed by atoms with Gasteiger partial charge in [-0.05, 0) is 42.3 Å². The van der Waals surface area contributed by atoms with Crippen LogP contribution in [0.2, 0.25) is 0 Å². The molecule has 0 bridgehead atoms. The number of hydrogen-bond acceptors (Lipinski definition) is 7. The quantitative estimate of drug-likeness (QED) is 0.374. The molecule has 1 amide bonds. The maximum absolute atomic E-state index is 13.3. The van der Waals surface area contributed by atoms with E-state index in [4.69, 9.17) is 9.47 Å². The third-order valence-corrected chi connectivity index (χ3v) is 6.83. The Morgan fingerprint density at radius 1 is 1.00 bits per heavy atom. The van der Waals surface area contributed by atoms with Gasteiger partial charge < -0.3 is 19.7 Å². The molecule has 1 N–H and O–H groups in total. The highest BCUT2D eigenvalue weighted by atomic mass is 16.5. The molecule has 186 valence electrons. The fraction of sp³-hybridized carbons (Fsp3) is 0.214. The summed E-state index contributed by atoms with van der Waals surface area (Å²) in [5.74, 6) is 1.93. The number of carbonyl (C=O) groups is 1. The van der Waals surface area contributed by atoms with Gasteiger partial charge in [-0.15, -0.1) is 0 Å². The Morgan fingerprint density at radius 3 is 2.65 bits per heavy atom. The summed E-state index contributed by atoms with van der Waals surface area (Å²) in [6, 6.07) is 17.7. The summed E-state index contributed by atoms with van der Waals surface area (Å²) in [6.45, 7) is 0.649. The predicted molar refractivity (Wildman–Crippen MR) is 143 cm³/mol. The van der Waals surface area contributed by atoms with Gasteiger partial charge in [-0.25, -0.2) is 9.97 Å². The zero-order valence-corrected chi connectivity index (χ0v) is 20.9. The number of carbonyl (C=O) groups excluding carboxylic acids is 1. The van der Waals surface area contributed by atoms with Crippen molar-refractivity contribution in [3.05, 3.63) is 72.2 Å². The number of benzene rings is 3. The molecule has 5 aromatic rings. The Hall–Kier alpha value is -4.66. The lowest BCUT2D eigenvalue weighted by Crippen LogP contribution is -2.30. The van der Waals surface area contributed by atoms with Gasteiger partial charge in [0.05, 0.1) is 37.4 Å². The van der Waals surface area contributed by atoms with E-state index in [1.807, 2.05) is 65.2 Å². The third kappa shape index (κ3) is 3.98. The number of nitrogens with one attached hydrogen (secondary N) is 1. The molecule has 3 aromatic carbocycles. The number of aromatic nitrogens is 4. The SMILES string of the molecule is COc1cc2ncnc(Nc3ccc4c(c3)CCN4C(=O)Cc3nn(C)c4ccccc34)c2cc1OC. The van der Waals surface area contributed by atoms with E-state index in [2.05, 4.69) is 26.4 Å². The van der Waals surface area contributed by atoms with E-state index in [1.165, 1.54) is 6.33 Å². The molecule has 0 saturated heterocycles. The first-order valence-electron chi connectivity index (χ1n) is 12.0. The Kier molecular flexibility index (Phi) is 5.60. The highest BCUT2D eigenvalue weighted by Crippen LogP contribution is 2.36. The Labute approximate surface area is 213 Å². The largest absolute Gasteiger partial charge is 0.493 e. The van der Waals surface area contributed by atoms with Crippen LogP contribution in [0.25, 0.3) is 21.8 Å². The molecule has 37 heavy (non-hydrogen) atoms. The number of nitrogens with zero attached hydrogens (tertiary/aromatic N) is 5. The molecule has 9 nitrogen and oxygen atoms in total. The molecular formula is C28H26N6O3. The van der Waals surface area contributed by atoms with Gasteiger partial charge in [-0.2, -0.15) is 5.10 Å². The number of fused-ring (bicyclic) bond motifs is 3. The van der Waals surface area contributed by atoms with Crippen LogP contribution in [0.4, 0.5) is 17.2 Å². The fourth-order valence-electron chi connectivity index (χ4n) is 5.02. The summed E-state index contributed by atoms with van der Waals surface area (Å²) >= 11 is 0. The standard InChI is InChI=1S/C28H26N6O3/c1-33-24-7-5-4-6-19(24)22(32-33)15-27(35)34-11-10-17-12-18(8-9-23(17)34)31-28-20-13-25(36-2)26(37-3)14-21(20)29-16-30-28/h4-9,12-14,16H,10-11,15H2,1-3H3,(H,29,30,31). The average molecular weight is 495 g/mol. The molecule has 0 radical (unpaired) electrons. The monoisotopic (exact) mass is 494 g/mol. The minimum atomic E-state index is 0.0474. The van der Waals surface area contributed by atoms with Crippen molar-refractivity contribution < 1.29 is 14.3 Å². The van der Waals surface area contributed by atoms with Crippen LogP contribution in [0.3, 0.4) is 0 Å². The number of aryl methyl sites for hydroxylation is 1. The molecule has 0 fully saturated rings. The fourth-order valence-corrected chi connectivity index (χ4v) is 5.02. The van der Waals surface area contributed by atoms with Crippen molar-refractivity contribution >= 4 is 44.9 Å². The zero-order chi connectivity index (χ0) is 25.5. The molecule has 2 aromatic heterocycles. The van der Waals surface area contributed by atoms with E-state index >= 15 is 0 Å². The normalized spacial score (nSPS) is 12.7. The van der Waals surface area contributed by atoms with Crippen LogP contribution in [-0.4, -0.2) is 46.4 Å². The minimum absolute atomic E-state index is 0.0474. The lowest BCUT2D eigenvalue weighted by molar-refractivity contribution is -0.117. The molecule has 0 saturated carbocycles. The molecule has 9 heteroatoms. The summed E-state index contributed by atoms with van der Waals surface area (Å²) in [5, 5.41) is 9.84. The number of hydrogen-bond donors (Lipinski definition) is 1. The number of anilines is 3. The average Bonchev–Trinajstić information content (AvgIpc) is 3.48. The van der Waals surface area contributed by atoms with Crippen LogP contribution in [0.5, 0.6) is 11.5 Å². The lowest BCUT2D eigenvalue weighted by Gasteiger charge is -2.17. The molecule has 0 aliphatic carbocycles. The maximum Gasteiger partial charge on any atom is 0.233 e. The van der Waals surface area contributed by atoms with Gasteiger partial charge in [0, 0.05) is 41.8 Å². The smallest absolute Gasteiger partial charge is 0.233 e.